The topological polar surface area (TPSA) is 139 Å². The molecule has 3 aromatic rings. The normalized spacial score (nSPS) is 26.0. The number of rotatable bonds is 4. The number of hydrogen-bond donors (Lipinski definition) is 4. The number of aliphatic hydroxyl groups excluding tert-OH is 3. The Kier molecular flexibility index (Phi) is 5.59. The maximum absolute atomic E-state index is 13.0. The van der Waals surface area contributed by atoms with E-state index in [1.54, 1.807) is 24.3 Å². The van der Waals surface area contributed by atoms with E-state index >= 15 is 0 Å². The zero-order chi connectivity index (χ0) is 22.3. The summed E-state index contributed by atoms with van der Waals surface area (Å²) in [6.45, 7) is 1.49. The lowest BCUT2D eigenvalue weighted by Gasteiger charge is -2.39. The summed E-state index contributed by atoms with van der Waals surface area (Å²) in [5.41, 5.74) is 0.210. The zero-order valence-electron chi connectivity index (χ0n) is 16.8. The van der Waals surface area contributed by atoms with E-state index in [0.29, 0.717) is 5.56 Å². The van der Waals surface area contributed by atoms with Crippen LogP contribution in [0.15, 0.2) is 51.7 Å². The smallest absolute Gasteiger partial charge is 0.229 e. The van der Waals surface area contributed by atoms with Crippen LogP contribution in [-0.2, 0) is 4.74 Å². The van der Waals surface area contributed by atoms with Crippen LogP contribution in [-0.4, -0.2) is 58.2 Å². The second-order valence-electron chi connectivity index (χ2n) is 7.27. The molecule has 9 heteroatoms. The highest BCUT2D eigenvalue weighted by atomic mass is 16.7. The van der Waals surface area contributed by atoms with Crippen molar-refractivity contribution in [2.75, 3.05) is 7.11 Å². The SMILES string of the molecule is COc1c(O)cc2oc(-c3ccccc3)cc(=O)c2c1O[C@@H]1OC(C)[C@H](O)[C@H](O)C1O. The predicted octanol–water partition coefficient (Wildman–Crippen LogP) is 1.38. The maximum Gasteiger partial charge on any atom is 0.229 e. The molecule has 1 aromatic heterocycles. The van der Waals surface area contributed by atoms with E-state index in [-0.39, 0.29) is 34.0 Å². The van der Waals surface area contributed by atoms with Gasteiger partial charge in [-0.25, -0.2) is 0 Å². The molecule has 4 N–H and O–H groups in total. The number of fused-ring (bicyclic) bond motifs is 1. The molecule has 4 rings (SSSR count). The molecule has 0 radical (unpaired) electrons. The number of methoxy groups -OCH3 is 1. The lowest BCUT2D eigenvalue weighted by Crippen LogP contribution is -2.58. The van der Waals surface area contributed by atoms with E-state index in [4.69, 9.17) is 18.6 Å². The van der Waals surface area contributed by atoms with Gasteiger partial charge >= 0.3 is 0 Å². The van der Waals surface area contributed by atoms with Crippen LogP contribution in [0.2, 0.25) is 0 Å². The van der Waals surface area contributed by atoms with Crippen LogP contribution in [0.3, 0.4) is 0 Å². The van der Waals surface area contributed by atoms with Gasteiger partial charge in [0.2, 0.25) is 12.0 Å². The van der Waals surface area contributed by atoms with Crippen molar-refractivity contribution in [1.29, 1.82) is 0 Å². The molecule has 164 valence electrons. The van der Waals surface area contributed by atoms with Gasteiger partial charge in [0.15, 0.2) is 16.9 Å². The summed E-state index contributed by atoms with van der Waals surface area (Å²) in [5, 5.41) is 40.6. The van der Waals surface area contributed by atoms with Crippen molar-refractivity contribution in [3.63, 3.8) is 0 Å². The summed E-state index contributed by atoms with van der Waals surface area (Å²) in [4.78, 5) is 13.0. The second kappa shape index (κ2) is 8.20. The predicted molar refractivity (Wildman–Crippen MR) is 109 cm³/mol. The molecule has 2 heterocycles. The Labute approximate surface area is 176 Å². The van der Waals surface area contributed by atoms with E-state index in [1.165, 1.54) is 26.2 Å². The number of phenolic OH excluding ortho intramolecular Hbond substituents is 1. The van der Waals surface area contributed by atoms with Crippen LogP contribution in [0, 0.1) is 0 Å². The van der Waals surface area contributed by atoms with E-state index in [9.17, 15) is 25.2 Å². The van der Waals surface area contributed by atoms with Crippen LogP contribution < -0.4 is 14.9 Å². The van der Waals surface area contributed by atoms with Gasteiger partial charge in [-0.15, -0.1) is 0 Å². The average molecular weight is 430 g/mol. The molecule has 2 unspecified atom stereocenters. The van der Waals surface area contributed by atoms with Gasteiger partial charge in [0.05, 0.1) is 13.2 Å². The summed E-state index contributed by atoms with van der Waals surface area (Å²) in [6.07, 6.45) is -6.79. The summed E-state index contributed by atoms with van der Waals surface area (Å²) in [5.74, 6) is -0.464. The molecule has 0 spiro atoms. The van der Waals surface area contributed by atoms with Crippen molar-refractivity contribution in [2.24, 2.45) is 0 Å². The van der Waals surface area contributed by atoms with Crippen LogP contribution in [0.25, 0.3) is 22.3 Å². The molecule has 1 fully saturated rings. The third kappa shape index (κ3) is 3.72. The lowest BCUT2D eigenvalue weighted by molar-refractivity contribution is -0.268. The number of aliphatic hydroxyl groups is 3. The molecule has 31 heavy (non-hydrogen) atoms. The van der Waals surface area contributed by atoms with Crippen molar-refractivity contribution in [3.05, 3.63) is 52.7 Å². The molecule has 1 aliphatic heterocycles. The Morgan fingerprint density at radius 1 is 0.968 bits per heavy atom. The monoisotopic (exact) mass is 430 g/mol. The van der Waals surface area contributed by atoms with E-state index in [1.807, 2.05) is 6.07 Å². The van der Waals surface area contributed by atoms with Crippen molar-refractivity contribution >= 4 is 11.0 Å². The Balaban J connectivity index is 1.85. The highest BCUT2D eigenvalue weighted by Gasteiger charge is 2.43. The molecule has 0 saturated carbocycles. The van der Waals surface area contributed by atoms with Gasteiger partial charge in [-0.3, -0.25) is 4.79 Å². The lowest BCUT2D eigenvalue weighted by atomic mass is 10.00. The summed E-state index contributed by atoms with van der Waals surface area (Å²) in [6, 6.07) is 11.5. The van der Waals surface area contributed by atoms with Gasteiger partial charge in [-0.05, 0) is 6.92 Å². The standard InChI is InChI=1S/C22H22O9/c1-10-17(25)18(26)19(27)22(29-10)31-21-16-12(23)8-14(11-6-4-3-5-7-11)30-15(16)9-13(24)20(21)28-2/h3-10,17-19,22,24-27H,1-2H3/t10?,17-,18-,19?,22-/m0/s1. The Morgan fingerprint density at radius 2 is 1.68 bits per heavy atom. The third-order valence-electron chi connectivity index (χ3n) is 5.21. The van der Waals surface area contributed by atoms with Gasteiger partial charge in [-0.1, -0.05) is 30.3 Å². The average Bonchev–Trinajstić information content (AvgIpc) is 2.76. The molecule has 9 nitrogen and oxygen atoms in total. The molecular formula is C22H22O9. The molecule has 0 bridgehead atoms. The second-order valence-corrected chi connectivity index (χ2v) is 7.27. The maximum atomic E-state index is 13.0. The molecule has 0 amide bonds. The van der Waals surface area contributed by atoms with Crippen molar-refractivity contribution in [2.45, 2.75) is 37.6 Å². The minimum Gasteiger partial charge on any atom is -0.504 e. The first-order valence-electron chi connectivity index (χ1n) is 9.61. The van der Waals surface area contributed by atoms with Crippen LogP contribution in [0.5, 0.6) is 17.2 Å². The van der Waals surface area contributed by atoms with E-state index in [2.05, 4.69) is 0 Å². The first-order chi connectivity index (χ1) is 14.8. The van der Waals surface area contributed by atoms with Crippen molar-refractivity contribution < 1.29 is 39.1 Å². The summed E-state index contributed by atoms with van der Waals surface area (Å²) < 4.78 is 22.2. The van der Waals surface area contributed by atoms with Gasteiger partial charge in [0.1, 0.15) is 35.0 Å². The fourth-order valence-electron chi connectivity index (χ4n) is 3.54. The fraction of sp³-hybridized carbons (Fsp3) is 0.318. The van der Waals surface area contributed by atoms with Gasteiger partial charge in [0.25, 0.3) is 0 Å². The Morgan fingerprint density at radius 3 is 2.35 bits per heavy atom. The van der Waals surface area contributed by atoms with Crippen LogP contribution in [0.1, 0.15) is 6.92 Å². The molecule has 2 aromatic carbocycles. The van der Waals surface area contributed by atoms with Crippen molar-refractivity contribution in [3.8, 4) is 28.6 Å². The molecule has 5 atom stereocenters. The minimum atomic E-state index is -1.62. The Hall–Kier alpha value is -3.11. The quantitative estimate of drug-likeness (QED) is 0.483. The van der Waals surface area contributed by atoms with E-state index < -0.39 is 36.1 Å². The number of phenols is 1. The van der Waals surface area contributed by atoms with Crippen molar-refractivity contribution in [1.82, 2.24) is 0 Å². The number of ether oxygens (including phenoxy) is 3. The van der Waals surface area contributed by atoms with Gasteiger partial charge < -0.3 is 39.1 Å². The first kappa shape index (κ1) is 21.1. The minimum absolute atomic E-state index is 0.0265. The Bertz CT molecular complexity index is 1140. The highest BCUT2D eigenvalue weighted by molar-refractivity contribution is 5.90. The summed E-state index contributed by atoms with van der Waals surface area (Å²) in [7, 11) is 1.27. The van der Waals surface area contributed by atoms with Crippen LogP contribution in [0.4, 0.5) is 0 Å². The molecular weight excluding hydrogens is 408 g/mol. The third-order valence-corrected chi connectivity index (χ3v) is 5.21. The zero-order valence-corrected chi connectivity index (χ0v) is 16.8. The van der Waals surface area contributed by atoms with E-state index in [0.717, 1.165) is 0 Å². The van der Waals surface area contributed by atoms with Crippen LogP contribution >= 0.6 is 0 Å². The van der Waals surface area contributed by atoms with Gasteiger partial charge in [-0.2, -0.15) is 0 Å². The number of benzene rings is 2. The molecule has 1 saturated heterocycles. The van der Waals surface area contributed by atoms with Gasteiger partial charge in [0, 0.05) is 17.7 Å². The first-order valence-corrected chi connectivity index (χ1v) is 9.61. The highest BCUT2D eigenvalue weighted by Crippen LogP contribution is 2.43. The number of hydrogen-bond acceptors (Lipinski definition) is 9. The fourth-order valence-corrected chi connectivity index (χ4v) is 3.54. The summed E-state index contributed by atoms with van der Waals surface area (Å²) >= 11 is 0. The number of aromatic hydroxyl groups is 1. The largest absolute Gasteiger partial charge is 0.504 e. The molecule has 1 aliphatic rings. The molecule has 0 aliphatic carbocycles.